The van der Waals surface area contributed by atoms with Crippen molar-refractivity contribution >= 4 is 34.5 Å². The van der Waals surface area contributed by atoms with Gasteiger partial charge in [0.15, 0.2) is 0 Å². The Morgan fingerprint density at radius 2 is 1.94 bits per heavy atom. The molecule has 0 aliphatic carbocycles. The summed E-state index contributed by atoms with van der Waals surface area (Å²) in [6, 6.07) is 7.34. The zero-order chi connectivity index (χ0) is 12.4. The molecule has 90 valence electrons. The van der Waals surface area contributed by atoms with Gasteiger partial charge < -0.3 is 0 Å². The Morgan fingerprint density at radius 3 is 2.41 bits per heavy atom. The molecule has 0 bridgehead atoms. The highest BCUT2D eigenvalue weighted by atomic mass is 35.5. The van der Waals surface area contributed by atoms with E-state index < -0.39 is 0 Å². The lowest BCUT2D eigenvalue weighted by Crippen LogP contribution is -2.29. The summed E-state index contributed by atoms with van der Waals surface area (Å²) in [5, 5.41) is 3.29. The fourth-order valence-electron chi connectivity index (χ4n) is 1.75. The number of rotatable bonds is 3. The monoisotopic (exact) mass is 286 g/mol. The molecular weight excluding hydrogens is 275 g/mol. The summed E-state index contributed by atoms with van der Waals surface area (Å²) in [5.41, 5.74) is 4.66. The largest absolute Gasteiger partial charge is 0.271 e. The lowest BCUT2D eigenvalue weighted by Gasteiger charge is -2.18. The summed E-state index contributed by atoms with van der Waals surface area (Å²) >= 11 is 14.0. The normalized spacial score (nSPS) is 12.7. The fraction of sp³-hybridized carbons (Fsp3) is 0.167. The van der Waals surface area contributed by atoms with Crippen molar-refractivity contribution in [2.45, 2.75) is 13.0 Å². The zero-order valence-corrected chi connectivity index (χ0v) is 11.5. The second-order valence-electron chi connectivity index (χ2n) is 3.73. The Morgan fingerprint density at radius 1 is 1.29 bits per heavy atom. The number of aryl methyl sites for hydroxylation is 1. The van der Waals surface area contributed by atoms with Crippen LogP contribution in [0.3, 0.4) is 0 Å². The smallest absolute Gasteiger partial charge is 0.0747 e. The van der Waals surface area contributed by atoms with Crippen LogP contribution in [0.15, 0.2) is 29.6 Å². The van der Waals surface area contributed by atoms with Gasteiger partial charge in [-0.05, 0) is 36.1 Å². The Bertz CT molecular complexity index is 505. The Kier molecular flexibility index (Phi) is 4.07. The van der Waals surface area contributed by atoms with Gasteiger partial charge in [0.25, 0.3) is 0 Å². The highest BCUT2D eigenvalue weighted by Gasteiger charge is 2.19. The minimum atomic E-state index is -0.179. The molecular formula is C12H12Cl2N2S. The molecule has 1 aromatic heterocycles. The maximum atomic E-state index is 6.18. The summed E-state index contributed by atoms with van der Waals surface area (Å²) in [7, 11) is 0. The van der Waals surface area contributed by atoms with Gasteiger partial charge in [0.2, 0.25) is 0 Å². The highest BCUT2D eigenvalue weighted by Crippen LogP contribution is 2.34. The molecule has 0 saturated carbocycles. The highest BCUT2D eigenvalue weighted by molar-refractivity contribution is 7.10. The van der Waals surface area contributed by atoms with Gasteiger partial charge in [0, 0.05) is 20.5 Å². The molecule has 1 atom stereocenters. The Balaban J connectivity index is 2.49. The molecule has 0 spiro atoms. The van der Waals surface area contributed by atoms with E-state index in [2.05, 4.69) is 23.8 Å². The summed E-state index contributed by atoms with van der Waals surface area (Å²) in [6.45, 7) is 2.05. The van der Waals surface area contributed by atoms with Crippen LogP contribution in [0.2, 0.25) is 10.0 Å². The molecule has 0 aliphatic rings. The molecule has 0 fully saturated rings. The first-order valence-corrected chi connectivity index (χ1v) is 6.72. The Labute approximate surface area is 114 Å². The third-order valence-electron chi connectivity index (χ3n) is 2.54. The van der Waals surface area contributed by atoms with Gasteiger partial charge in [-0.2, -0.15) is 0 Å². The van der Waals surface area contributed by atoms with Crippen LogP contribution in [-0.2, 0) is 0 Å². The topological polar surface area (TPSA) is 38.0 Å². The van der Waals surface area contributed by atoms with Gasteiger partial charge in [0.05, 0.1) is 6.04 Å². The van der Waals surface area contributed by atoms with Crippen molar-refractivity contribution in [3.63, 3.8) is 0 Å². The first-order chi connectivity index (χ1) is 8.13. The van der Waals surface area contributed by atoms with Crippen LogP contribution in [0.1, 0.15) is 22.0 Å². The van der Waals surface area contributed by atoms with Gasteiger partial charge >= 0.3 is 0 Å². The molecule has 1 unspecified atom stereocenters. The average Bonchev–Trinajstić information content (AvgIpc) is 2.70. The first-order valence-electron chi connectivity index (χ1n) is 5.08. The standard InChI is InChI=1S/C12H12Cl2N2S/c1-7-5-8(6-17-7)12(16-15)11-9(13)3-2-4-10(11)14/h2-6,12,16H,15H2,1H3. The molecule has 17 heavy (non-hydrogen) atoms. The van der Waals surface area contributed by atoms with Crippen molar-refractivity contribution < 1.29 is 0 Å². The van der Waals surface area contributed by atoms with Crippen LogP contribution >= 0.6 is 34.5 Å². The average molecular weight is 287 g/mol. The van der Waals surface area contributed by atoms with Crippen LogP contribution in [0, 0.1) is 6.92 Å². The molecule has 1 heterocycles. The SMILES string of the molecule is Cc1cc(C(NN)c2c(Cl)cccc2Cl)cs1. The molecule has 1 aromatic carbocycles. The van der Waals surface area contributed by atoms with Gasteiger partial charge in [-0.1, -0.05) is 29.3 Å². The van der Waals surface area contributed by atoms with Crippen molar-refractivity contribution in [3.8, 4) is 0 Å². The predicted molar refractivity (Wildman–Crippen MR) is 74.7 cm³/mol. The van der Waals surface area contributed by atoms with E-state index in [4.69, 9.17) is 29.0 Å². The maximum Gasteiger partial charge on any atom is 0.0747 e. The minimum Gasteiger partial charge on any atom is -0.271 e. The van der Waals surface area contributed by atoms with Crippen LogP contribution in [0.25, 0.3) is 0 Å². The van der Waals surface area contributed by atoms with Crippen LogP contribution in [0.4, 0.5) is 0 Å². The number of hydrogen-bond donors (Lipinski definition) is 2. The van der Waals surface area contributed by atoms with Crippen LogP contribution in [-0.4, -0.2) is 0 Å². The van der Waals surface area contributed by atoms with Crippen molar-refractivity contribution in [2.24, 2.45) is 5.84 Å². The van der Waals surface area contributed by atoms with Crippen LogP contribution < -0.4 is 11.3 Å². The second kappa shape index (κ2) is 5.38. The number of nitrogens with one attached hydrogen (secondary N) is 1. The fourth-order valence-corrected chi connectivity index (χ4v) is 3.09. The zero-order valence-electron chi connectivity index (χ0n) is 9.21. The third-order valence-corrected chi connectivity index (χ3v) is 4.08. The van der Waals surface area contributed by atoms with Gasteiger partial charge in [0.1, 0.15) is 0 Å². The summed E-state index contributed by atoms with van der Waals surface area (Å²) < 4.78 is 0. The van der Waals surface area contributed by atoms with Crippen molar-refractivity contribution in [1.82, 2.24) is 5.43 Å². The lowest BCUT2D eigenvalue weighted by molar-refractivity contribution is 0.639. The Hall–Kier alpha value is -0.580. The van der Waals surface area contributed by atoms with E-state index >= 15 is 0 Å². The molecule has 0 radical (unpaired) electrons. The number of hydrazine groups is 1. The van der Waals surface area contributed by atoms with E-state index in [0.29, 0.717) is 10.0 Å². The molecule has 0 saturated heterocycles. The van der Waals surface area contributed by atoms with Crippen molar-refractivity contribution in [2.75, 3.05) is 0 Å². The van der Waals surface area contributed by atoms with E-state index in [1.807, 2.05) is 18.2 Å². The maximum absolute atomic E-state index is 6.18. The number of hydrogen-bond acceptors (Lipinski definition) is 3. The molecule has 0 aliphatic heterocycles. The molecule has 2 aromatic rings. The predicted octanol–water partition coefficient (Wildman–Crippen LogP) is 3.92. The van der Waals surface area contributed by atoms with Gasteiger partial charge in [-0.3, -0.25) is 5.84 Å². The molecule has 2 nitrogen and oxygen atoms in total. The molecule has 3 N–H and O–H groups in total. The van der Waals surface area contributed by atoms with Crippen molar-refractivity contribution in [3.05, 3.63) is 55.7 Å². The minimum absolute atomic E-state index is 0.179. The molecule has 0 amide bonds. The van der Waals surface area contributed by atoms with E-state index in [9.17, 15) is 0 Å². The summed E-state index contributed by atoms with van der Waals surface area (Å²) in [6.07, 6.45) is 0. The first kappa shape index (κ1) is 12.9. The molecule has 5 heteroatoms. The van der Waals surface area contributed by atoms with E-state index in [0.717, 1.165) is 11.1 Å². The van der Waals surface area contributed by atoms with E-state index in [1.165, 1.54) is 4.88 Å². The van der Waals surface area contributed by atoms with E-state index in [-0.39, 0.29) is 6.04 Å². The summed E-state index contributed by atoms with van der Waals surface area (Å²) in [4.78, 5) is 1.23. The lowest BCUT2D eigenvalue weighted by atomic mass is 10.0. The molecule has 2 rings (SSSR count). The number of halogens is 2. The van der Waals surface area contributed by atoms with Gasteiger partial charge in [-0.25, -0.2) is 5.43 Å². The number of nitrogens with two attached hydrogens (primary N) is 1. The number of thiophene rings is 1. The van der Waals surface area contributed by atoms with Crippen LogP contribution in [0.5, 0.6) is 0 Å². The van der Waals surface area contributed by atoms with E-state index in [1.54, 1.807) is 11.3 Å². The second-order valence-corrected chi connectivity index (χ2v) is 5.66. The third kappa shape index (κ3) is 2.64. The quantitative estimate of drug-likeness (QED) is 0.663. The van der Waals surface area contributed by atoms with Crippen molar-refractivity contribution in [1.29, 1.82) is 0 Å². The number of benzene rings is 1. The summed E-state index contributed by atoms with van der Waals surface area (Å²) in [5.74, 6) is 5.62. The van der Waals surface area contributed by atoms with Gasteiger partial charge in [-0.15, -0.1) is 11.3 Å².